The number of hydrogen-bond acceptors (Lipinski definition) is 1. The molecule has 0 heterocycles. The zero-order valence-corrected chi connectivity index (χ0v) is 14.4. The van der Waals surface area contributed by atoms with E-state index in [2.05, 4.69) is 77.9 Å². The molecule has 0 saturated carbocycles. The predicted molar refractivity (Wildman–Crippen MR) is 90.3 cm³/mol. The van der Waals surface area contributed by atoms with Gasteiger partial charge in [-0.25, -0.2) is 0 Å². The highest BCUT2D eigenvalue weighted by atomic mass is 31.0. The van der Waals surface area contributed by atoms with Gasteiger partial charge in [0, 0.05) is 0 Å². The van der Waals surface area contributed by atoms with E-state index in [-0.39, 0.29) is 0 Å². The van der Waals surface area contributed by atoms with E-state index < -0.39 is 0 Å². The Labute approximate surface area is 125 Å². The number of benzene rings is 2. The van der Waals surface area contributed by atoms with Crippen LogP contribution in [0.3, 0.4) is 0 Å². The average Bonchev–Trinajstić information content (AvgIpc) is 2.28. The quantitative estimate of drug-likeness (QED) is 0.568. The van der Waals surface area contributed by atoms with Crippen LogP contribution in [0.1, 0.15) is 33.4 Å². The minimum absolute atomic E-state index is 1.35. The molecule has 0 aliphatic carbocycles. The van der Waals surface area contributed by atoms with Crippen molar-refractivity contribution < 1.29 is 4.57 Å². The van der Waals surface area contributed by atoms with Gasteiger partial charge in [0.1, 0.15) is 9.12 Å². The molecule has 0 bridgehead atoms. The Morgan fingerprint density at radius 1 is 0.450 bits per heavy atom. The van der Waals surface area contributed by atoms with Crippen LogP contribution in [0.5, 0.6) is 0 Å². The van der Waals surface area contributed by atoms with Crippen LogP contribution in [0.15, 0.2) is 36.4 Å². The molecule has 2 aromatic rings. The lowest BCUT2D eigenvalue weighted by Gasteiger charge is -1.96. The molecule has 0 aliphatic rings. The summed E-state index contributed by atoms with van der Waals surface area (Å²) >= 11 is 0. The van der Waals surface area contributed by atoms with Crippen LogP contribution in [0, 0.1) is 41.5 Å². The third-order valence-corrected chi connectivity index (χ3v) is 2.73. The van der Waals surface area contributed by atoms with Gasteiger partial charge in [-0.3, -0.25) is 4.57 Å². The second-order valence-corrected chi connectivity index (χ2v) is 5.33. The Hall–Kier alpha value is -1.46. The van der Waals surface area contributed by atoms with Gasteiger partial charge in [-0.15, -0.1) is 0 Å². The standard InChI is InChI=1S/2C9H12.HOP/c2*1-7-4-8(2)6-9(3)5-7;1-2/h2*4-6H,1-3H3;2H. The number of aryl methyl sites for hydroxylation is 6. The highest BCUT2D eigenvalue weighted by molar-refractivity contribution is 7.00. The van der Waals surface area contributed by atoms with E-state index in [9.17, 15) is 0 Å². The zero-order valence-electron chi connectivity index (χ0n) is 13.4. The Kier molecular flexibility index (Phi) is 8.76. The topological polar surface area (TPSA) is 17.1 Å². The van der Waals surface area contributed by atoms with Crippen molar-refractivity contribution in [2.45, 2.75) is 41.5 Å². The van der Waals surface area contributed by atoms with Crippen LogP contribution < -0.4 is 0 Å². The summed E-state index contributed by atoms with van der Waals surface area (Å²) in [5.74, 6) is 0. The summed E-state index contributed by atoms with van der Waals surface area (Å²) < 4.78 is 8.06. The minimum Gasteiger partial charge on any atom is -0.279 e. The molecule has 0 saturated heterocycles. The van der Waals surface area contributed by atoms with Crippen LogP contribution >= 0.6 is 9.12 Å². The van der Waals surface area contributed by atoms with Gasteiger partial charge in [-0.2, -0.15) is 0 Å². The first-order valence-electron chi connectivity index (χ1n) is 6.67. The van der Waals surface area contributed by atoms with Crippen molar-refractivity contribution in [3.8, 4) is 0 Å². The van der Waals surface area contributed by atoms with E-state index in [1.807, 2.05) is 0 Å². The van der Waals surface area contributed by atoms with Crippen LogP contribution in [0.2, 0.25) is 0 Å². The van der Waals surface area contributed by atoms with Crippen molar-refractivity contribution in [2.24, 2.45) is 0 Å². The lowest BCUT2D eigenvalue weighted by Crippen LogP contribution is -1.78. The maximum atomic E-state index is 8.06. The van der Waals surface area contributed by atoms with Gasteiger partial charge in [0.2, 0.25) is 0 Å². The summed E-state index contributed by atoms with van der Waals surface area (Å²) in [5, 5.41) is 0. The molecule has 0 spiro atoms. The van der Waals surface area contributed by atoms with Gasteiger partial charge < -0.3 is 0 Å². The molecule has 0 fully saturated rings. The molecule has 0 aliphatic heterocycles. The van der Waals surface area contributed by atoms with E-state index in [0.29, 0.717) is 0 Å². The molecule has 0 atom stereocenters. The van der Waals surface area contributed by atoms with Gasteiger partial charge in [0.25, 0.3) is 0 Å². The molecule has 108 valence electrons. The number of hydrogen-bond donors (Lipinski definition) is 0. The first-order valence-corrected chi connectivity index (χ1v) is 7.08. The Bertz CT molecular complexity index is 397. The smallest absolute Gasteiger partial charge is 0.138 e. The molecule has 0 radical (unpaired) electrons. The first-order chi connectivity index (χ1) is 9.36. The highest BCUT2D eigenvalue weighted by Gasteiger charge is 1.88. The van der Waals surface area contributed by atoms with E-state index in [0.717, 1.165) is 0 Å². The molecule has 20 heavy (non-hydrogen) atoms. The monoisotopic (exact) mass is 288 g/mol. The second kappa shape index (κ2) is 9.44. The third-order valence-electron chi connectivity index (χ3n) is 2.73. The fourth-order valence-electron chi connectivity index (χ4n) is 2.40. The van der Waals surface area contributed by atoms with Crippen molar-refractivity contribution >= 4 is 9.12 Å². The molecule has 0 aromatic heterocycles. The normalized spacial score (nSPS) is 8.90. The van der Waals surface area contributed by atoms with Gasteiger partial charge in [0.05, 0.1) is 0 Å². The van der Waals surface area contributed by atoms with Crippen LogP contribution in [0.4, 0.5) is 0 Å². The minimum atomic E-state index is 1.35. The van der Waals surface area contributed by atoms with Crippen molar-refractivity contribution in [3.63, 3.8) is 0 Å². The molecule has 0 N–H and O–H groups in total. The summed E-state index contributed by atoms with van der Waals surface area (Å²) in [5.41, 5.74) is 8.13. The van der Waals surface area contributed by atoms with Crippen molar-refractivity contribution in [1.29, 1.82) is 0 Å². The maximum Gasteiger partial charge on any atom is 0.138 e. The van der Waals surface area contributed by atoms with E-state index in [4.69, 9.17) is 4.57 Å². The van der Waals surface area contributed by atoms with Crippen molar-refractivity contribution in [3.05, 3.63) is 69.8 Å². The zero-order chi connectivity index (χ0) is 15.7. The largest absolute Gasteiger partial charge is 0.279 e. The molecule has 2 aromatic carbocycles. The second-order valence-electron chi connectivity index (χ2n) is 5.33. The van der Waals surface area contributed by atoms with Crippen LogP contribution in [-0.4, -0.2) is 0 Å². The number of rotatable bonds is 0. The molecule has 2 heteroatoms. The molecule has 1 nitrogen and oxygen atoms in total. The van der Waals surface area contributed by atoms with Gasteiger partial charge in [-0.1, -0.05) is 69.8 Å². The van der Waals surface area contributed by atoms with Crippen molar-refractivity contribution in [2.75, 3.05) is 0 Å². The molecular weight excluding hydrogens is 263 g/mol. The average molecular weight is 288 g/mol. The summed E-state index contributed by atoms with van der Waals surface area (Å²) in [6.45, 7) is 12.8. The fraction of sp³-hybridized carbons (Fsp3) is 0.333. The van der Waals surface area contributed by atoms with E-state index in [1.165, 1.54) is 33.4 Å². The summed E-state index contributed by atoms with van der Waals surface area (Å²) in [6, 6.07) is 13.1. The fourth-order valence-corrected chi connectivity index (χ4v) is 2.40. The van der Waals surface area contributed by atoms with Gasteiger partial charge in [-0.05, 0) is 41.5 Å². The van der Waals surface area contributed by atoms with Crippen molar-refractivity contribution in [1.82, 2.24) is 0 Å². The lowest BCUT2D eigenvalue weighted by molar-refractivity contribution is 0.607. The summed E-state index contributed by atoms with van der Waals surface area (Å²) in [7, 11) is 1.72. The maximum absolute atomic E-state index is 8.06. The third kappa shape index (κ3) is 7.86. The van der Waals surface area contributed by atoms with Gasteiger partial charge >= 0.3 is 0 Å². The summed E-state index contributed by atoms with van der Waals surface area (Å²) in [4.78, 5) is 0. The Morgan fingerprint density at radius 3 is 0.650 bits per heavy atom. The van der Waals surface area contributed by atoms with E-state index >= 15 is 0 Å². The SMILES string of the molecule is Cc1cc(C)cc(C)c1.Cc1cc(C)cc(C)c1.O=P. The molecular formula is C18H25OP. The molecule has 2 rings (SSSR count). The Morgan fingerprint density at radius 2 is 0.550 bits per heavy atom. The highest BCUT2D eigenvalue weighted by Crippen LogP contribution is 2.07. The van der Waals surface area contributed by atoms with E-state index in [1.54, 1.807) is 9.12 Å². The first kappa shape index (κ1) is 18.5. The molecule has 0 unspecified atom stereocenters. The predicted octanol–water partition coefficient (Wildman–Crippen LogP) is 5.70. The van der Waals surface area contributed by atoms with Gasteiger partial charge in [0.15, 0.2) is 0 Å². The lowest BCUT2D eigenvalue weighted by atomic mass is 10.1. The Balaban J connectivity index is 0.000000321. The molecule has 0 amide bonds. The van der Waals surface area contributed by atoms with Crippen LogP contribution in [0.25, 0.3) is 0 Å². The summed E-state index contributed by atoms with van der Waals surface area (Å²) in [6.07, 6.45) is 0. The van der Waals surface area contributed by atoms with Crippen LogP contribution in [-0.2, 0) is 4.57 Å².